The number of benzene rings is 1. The summed E-state index contributed by atoms with van der Waals surface area (Å²) in [6, 6.07) is 10.7. The van der Waals surface area contributed by atoms with E-state index in [0.717, 1.165) is 5.56 Å². The Morgan fingerprint density at radius 2 is 2.04 bits per heavy atom. The fourth-order valence-corrected chi connectivity index (χ4v) is 2.40. The average molecular weight is 317 g/mol. The summed E-state index contributed by atoms with van der Waals surface area (Å²) in [5.74, 6) is 1.11. The topological polar surface area (TPSA) is 78.6 Å². The molecule has 0 saturated carbocycles. The van der Waals surface area contributed by atoms with Crippen molar-refractivity contribution in [2.75, 3.05) is 11.9 Å². The van der Waals surface area contributed by atoms with Gasteiger partial charge in [-0.25, -0.2) is 4.79 Å². The monoisotopic (exact) mass is 317 g/mol. The van der Waals surface area contributed by atoms with Gasteiger partial charge in [0.1, 0.15) is 5.76 Å². The Kier molecular flexibility index (Phi) is 5.76. The summed E-state index contributed by atoms with van der Waals surface area (Å²) in [7, 11) is 0. The highest BCUT2D eigenvalue weighted by molar-refractivity contribution is 5.88. The second-order valence-corrected chi connectivity index (χ2v) is 5.86. The quantitative estimate of drug-likeness (QED) is 0.858. The van der Waals surface area contributed by atoms with Crippen molar-refractivity contribution < 1.29 is 14.4 Å². The minimum absolute atomic E-state index is 0.101. The van der Waals surface area contributed by atoms with Gasteiger partial charge in [-0.2, -0.15) is 0 Å². The number of amides is 2. The van der Waals surface area contributed by atoms with Gasteiger partial charge in [-0.1, -0.05) is 49.3 Å². The molecule has 6 heteroatoms. The standard InChI is InChI=1S/C17H23N3O3/c1-12(2)15(11-21)20(10-14-7-5-4-6-8-14)17(22)18-16-9-13(3)23-19-16/h4-9,12,15,21H,10-11H2,1-3H3,(H,18,19,22). The van der Waals surface area contributed by atoms with Crippen LogP contribution in [-0.2, 0) is 6.54 Å². The number of aromatic nitrogens is 1. The number of urea groups is 1. The Bertz CT molecular complexity index is 625. The number of carbonyl (C=O) groups is 1. The lowest BCUT2D eigenvalue weighted by atomic mass is 10.0. The number of hydrogen-bond donors (Lipinski definition) is 2. The van der Waals surface area contributed by atoms with Gasteiger partial charge in [0, 0.05) is 12.6 Å². The van der Waals surface area contributed by atoms with Gasteiger partial charge in [0.25, 0.3) is 0 Å². The minimum Gasteiger partial charge on any atom is -0.394 e. The third-order valence-electron chi connectivity index (χ3n) is 3.68. The van der Waals surface area contributed by atoms with Crippen molar-refractivity contribution in [1.29, 1.82) is 0 Å². The SMILES string of the molecule is Cc1cc(NC(=O)N(Cc2ccccc2)C(CO)C(C)C)no1. The highest BCUT2D eigenvalue weighted by Gasteiger charge is 2.26. The van der Waals surface area contributed by atoms with E-state index in [0.29, 0.717) is 18.1 Å². The van der Waals surface area contributed by atoms with E-state index in [9.17, 15) is 9.90 Å². The van der Waals surface area contributed by atoms with Gasteiger partial charge in [-0.15, -0.1) is 0 Å². The Balaban J connectivity index is 2.19. The number of anilines is 1. The molecule has 1 unspecified atom stereocenters. The van der Waals surface area contributed by atoms with Crippen LogP contribution in [0.1, 0.15) is 25.2 Å². The molecule has 1 heterocycles. The van der Waals surface area contributed by atoms with Gasteiger partial charge in [0.15, 0.2) is 5.82 Å². The van der Waals surface area contributed by atoms with Gasteiger partial charge in [-0.05, 0) is 18.4 Å². The van der Waals surface area contributed by atoms with Crippen LogP contribution in [0.5, 0.6) is 0 Å². The van der Waals surface area contributed by atoms with Crippen molar-refractivity contribution in [1.82, 2.24) is 10.1 Å². The predicted molar refractivity (Wildman–Crippen MR) is 88.0 cm³/mol. The molecule has 1 aromatic heterocycles. The van der Waals surface area contributed by atoms with Crippen LogP contribution in [0, 0.1) is 12.8 Å². The van der Waals surface area contributed by atoms with Crippen molar-refractivity contribution >= 4 is 11.8 Å². The lowest BCUT2D eigenvalue weighted by Crippen LogP contribution is -2.47. The number of nitrogens with one attached hydrogen (secondary N) is 1. The van der Waals surface area contributed by atoms with E-state index in [1.165, 1.54) is 0 Å². The fourth-order valence-electron chi connectivity index (χ4n) is 2.40. The number of aliphatic hydroxyl groups is 1. The van der Waals surface area contributed by atoms with Crippen LogP contribution in [0.3, 0.4) is 0 Å². The Morgan fingerprint density at radius 3 is 2.57 bits per heavy atom. The van der Waals surface area contributed by atoms with E-state index in [4.69, 9.17) is 4.52 Å². The van der Waals surface area contributed by atoms with Gasteiger partial charge in [0.05, 0.1) is 12.6 Å². The summed E-state index contributed by atoms with van der Waals surface area (Å²) in [6.45, 7) is 6.02. The molecule has 0 spiro atoms. The summed E-state index contributed by atoms with van der Waals surface area (Å²) in [6.07, 6.45) is 0. The summed E-state index contributed by atoms with van der Waals surface area (Å²) in [5.41, 5.74) is 0.998. The molecule has 1 atom stereocenters. The number of hydrogen-bond acceptors (Lipinski definition) is 4. The molecule has 0 bridgehead atoms. The van der Waals surface area contributed by atoms with Crippen molar-refractivity contribution in [2.24, 2.45) is 5.92 Å². The normalized spacial score (nSPS) is 12.2. The van der Waals surface area contributed by atoms with Crippen LogP contribution in [0.15, 0.2) is 40.9 Å². The molecule has 124 valence electrons. The maximum Gasteiger partial charge on any atom is 0.323 e. The maximum absolute atomic E-state index is 12.7. The first-order valence-corrected chi connectivity index (χ1v) is 7.67. The van der Waals surface area contributed by atoms with E-state index in [1.54, 1.807) is 17.9 Å². The highest BCUT2D eigenvalue weighted by atomic mass is 16.5. The molecular formula is C17H23N3O3. The largest absolute Gasteiger partial charge is 0.394 e. The van der Waals surface area contributed by atoms with Gasteiger partial charge < -0.3 is 14.5 Å². The van der Waals surface area contributed by atoms with Crippen LogP contribution in [-0.4, -0.2) is 33.8 Å². The van der Waals surface area contributed by atoms with Crippen LogP contribution in [0.4, 0.5) is 10.6 Å². The predicted octanol–water partition coefficient (Wildman–Crippen LogP) is 3.03. The lowest BCUT2D eigenvalue weighted by Gasteiger charge is -2.33. The summed E-state index contributed by atoms with van der Waals surface area (Å²) in [5, 5.41) is 16.2. The number of nitrogens with zero attached hydrogens (tertiary/aromatic N) is 2. The lowest BCUT2D eigenvalue weighted by molar-refractivity contribution is 0.110. The Labute approximate surface area is 136 Å². The molecule has 0 aliphatic heterocycles. The van der Waals surface area contributed by atoms with Crippen LogP contribution >= 0.6 is 0 Å². The van der Waals surface area contributed by atoms with E-state index < -0.39 is 0 Å². The zero-order valence-electron chi connectivity index (χ0n) is 13.7. The molecule has 0 aliphatic carbocycles. The molecule has 2 aromatic rings. The molecule has 2 N–H and O–H groups in total. The molecule has 1 aromatic carbocycles. The summed E-state index contributed by atoms with van der Waals surface area (Å²) >= 11 is 0. The first-order chi connectivity index (χ1) is 11.0. The molecule has 0 aliphatic rings. The number of carbonyl (C=O) groups excluding carboxylic acids is 1. The Morgan fingerprint density at radius 1 is 1.35 bits per heavy atom. The van der Waals surface area contributed by atoms with E-state index in [1.807, 2.05) is 44.2 Å². The van der Waals surface area contributed by atoms with E-state index in [-0.39, 0.29) is 24.6 Å². The molecule has 6 nitrogen and oxygen atoms in total. The first-order valence-electron chi connectivity index (χ1n) is 7.67. The van der Waals surface area contributed by atoms with Crippen molar-refractivity contribution in [3.63, 3.8) is 0 Å². The third-order valence-corrected chi connectivity index (χ3v) is 3.68. The first kappa shape index (κ1) is 17.0. The average Bonchev–Trinajstić information content (AvgIpc) is 2.92. The summed E-state index contributed by atoms with van der Waals surface area (Å²) < 4.78 is 4.97. The Hall–Kier alpha value is -2.34. The van der Waals surface area contributed by atoms with E-state index >= 15 is 0 Å². The second kappa shape index (κ2) is 7.78. The number of rotatable bonds is 6. The zero-order valence-corrected chi connectivity index (χ0v) is 13.7. The second-order valence-electron chi connectivity index (χ2n) is 5.86. The van der Waals surface area contributed by atoms with Crippen LogP contribution in [0.25, 0.3) is 0 Å². The van der Waals surface area contributed by atoms with Crippen LogP contribution in [0.2, 0.25) is 0 Å². The van der Waals surface area contributed by atoms with E-state index in [2.05, 4.69) is 10.5 Å². The third kappa shape index (κ3) is 4.56. The fraction of sp³-hybridized carbons (Fsp3) is 0.412. The van der Waals surface area contributed by atoms with Gasteiger partial charge in [0.2, 0.25) is 0 Å². The van der Waals surface area contributed by atoms with Crippen molar-refractivity contribution in [2.45, 2.75) is 33.4 Å². The number of aliphatic hydroxyl groups excluding tert-OH is 1. The van der Waals surface area contributed by atoms with Crippen molar-refractivity contribution in [3.8, 4) is 0 Å². The molecule has 0 radical (unpaired) electrons. The molecule has 0 fully saturated rings. The summed E-state index contributed by atoms with van der Waals surface area (Å²) in [4.78, 5) is 14.3. The zero-order chi connectivity index (χ0) is 16.8. The maximum atomic E-state index is 12.7. The molecule has 0 saturated heterocycles. The molecular weight excluding hydrogens is 294 g/mol. The minimum atomic E-state index is -0.310. The molecule has 2 rings (SSSR count). The van der Waals surface area contributed by atoms with Gasteiger partial charge in [-0.3, -0.25) is 5.32 Å². The number of aryl methyl sites for hydroxylation is 1. The molecule has 23 heavy (non-hydrogen) atoms. The van der Waals surface area contributed by atoms with Crippen molar-refractivity contribution in [3.05, 3.63) is 47.7 Å². The molecule has 2 amide bonds. The van der Waals surface area contributed by atoms with Crippen LogP contribution < -0.4 is 5.32 Å². The van der Waals surface area contributed by atoms with Gasteiger partial charge >= 0.3 is 6.03 Å². The highest BCUT2D eigenvalue weighted by Crippen LogP contribution is 2.17. The smallest absolute Gasteiger partial charge is 0.323 e.